The smallest absolute Gasteiger partial charge is 0.277 e. The molecule has 2 heterocycles. The molecule has 1 amide bonds. The average molecular weight is 602 g/mol. The lowest BCUT2D eigenvalue weighted by Gasteiger charge is -2.20. The Morgan fingerprint density at radius 2 is 2.00 bits per heavy atom. The summed E-state index contributed by atoms with van der Waals surface area (Å²) in [7, 11) is 4.29. The summed E-state index contributed by atoms with van der Waals surface area (Å²) in [4.78, 5) is 27.9. The van der Waals surface area contributed by atoms with Crippen molar-refractivity contribution < 1.29 is 14.0 Å². The molecular formula is C29H38BrFN6O2. The maximum atomic E-state index is 16.0. The van der Waals surface area contributed by atoms with Gasteiger partial charge in [0.25, 0.3) is 5.91 Å². The Bertz CT molecular complexity index is 1320. The molecule has 0 spiro atoms. The molecule has 8 nitrogen and oxygen atoms in total. The maximum Gasteiger partial charge on any atom is 0.277 e. The van der Waals surface area contributed by atoms with Gasteiger partial charge in [-0.3, -0.25) is 9.63 Å². The van der Waals surface area contributed by atoms with Gasteiger partial charge in [-0.2, -0.15) is 0 Å². The molecule has 1 saturated heterocycles. The van der Waals surface area contributed by atoms with Crippen molar-refractivity contribution in [1.82, 2.24) is 24.8 Å². The molecule has 0 bridgehead atoms. The molecule has 0 radical (unpaired) electrons. The zero-order valence-electron chi connectivity index (χ0n) is 23.0. The number of carbonyl (C=O) groups excluding carboxylic acids is 1. The highest BCUT2D eigenvalue weighted by Crippen LogP contribution is 2.33. The van der Waals surface area contributed by atoms with E-state index in [0.717, 1.165) is 55.4 Å². The lowest BCUT2D eigenvalue weighted by Crippen LogP contribution is -2.31. The summed E-state index contributed by atoms with van der Waals surface area (Å²) in [6, 6.07) is 8.03. The number of amides is 1. The molecule has 2 N–H and O–H groups in total. The van der Waals surface area contributed by atoms with E-state index in [-0.39, 0.29) is 16.8 Å². The quantitative estimate of drug-likeness (QED) is 0.212. The second-order valence-corrected chi connectivity index (χ2v) is 12.0. The molecule has 2 aliphatic rings. The molecule has 39 heavy (non-hydrogen) atoms. The van der Waals surface area contributed by atoms with Crippen molar-refractivity contribution in [3.63, 3.8) is 0 Å². The van der Waals surface area contributed by atoms with Crippen molar-refractivity contribution in [2.45, 2.75) is 51.6 Å². The van der Waals surface area contributed by atoms with Crippen LogP contribution >= 0.6 is 15.9 Å². The van der Waals surface area contributed by atoms with Crippen LogP contribution < -0.4 is 10.8 Å². The van der Waals surface area contributed by atoms with Crippen LogP contribution in [0.5, 0.6) is 0 Å². The van der Waals surface area contributed by atoms with Gasteiger partial charge in [-0.25, -0.2) is 14.9 Å². The summed E-state index contributed by atoms with van der Waals surface area (Å²) in [5.74, 6) is -0.540. The molecule has 1 aliphatic heterocycles. The fourth-order valence-corrected chi connectivity index (χ4v) is 5.63. The number of hydrogen-bond acceptors (Lipinski definition) is 6. The van der Waals surface area contributed by atoms with Gasteiger partial charge in [-0.05, 0) is 102 Å². The van der Waals surface area contributed by atoms with Crippen molar-refractivity contribution in [2.75, 3.05) is 45.7 Å². The third kappa shape index (κ3) is 6.80. The van der Waals surface area contributed by atoms with Crippen LogP contribution in [0.15, 0.2) is 35.1 Å². The zero-order valence-corrected chi connectivity index (χ0v) is 24.6. The van der Waals surface area contributed by atoms with Gasteiger partial charge in [0.1, 0.15) is 5.52 Å². The minimum atomic E-state index is -0.548. The van der Waals surface area contributed by atoms with Gasteiger partial charge in [-0.15, -0.1) is 0 Å². The third-order valence-electron chi connectivity index (χ3n) is 7.83. The lowest BCUT2D eigenvalue weighted by molar-refractivity contribution is 0.0271. The summed E-state index contributed by atoms with van der Waals surface area (Å²) < 4.78 is 18.8. The van der Waals surface area contributed by atoms with E-state index in [2.05, 4.69) is 55.6 Å². The molecule has 1 saturated carbocycles. The van der Waals surface area contributed by atoms with Gasteiger partial charge >= 0.3 is 0 Å². The summed E-state index contributed by atoms with van der Waals surface area (Å²) in [5.41, 5.74) is 5.28. The molecule has 5 rings (SSSR count). The van der Waals surface area contributed by atoms with Crippen LogP contribution in [-0.4, -0.2) is 71.6 Å². The Balaban J connectivity index is 1.33. The Kier molecular flexibility index (Phi) is 8.86. The Morgan fingerprint density at radius 1 is 1.21 bits per heavy atom. The lowest BCUT2D eigenvalue weighted by atomic mass is 10.1. The van der Waals surface area contributed by atoms with E-state index in [1.165, 1.54) is 6.42 Å². The predicted molar refractivity (Wildman–Crippen MR) is 156 cm³/mol. The number of aromatic nitrogens is 2. The summed E-state index contributed by atoms with van der Waals surface area (Å²) in [6.07, 6.45) is 7.10. The van der Waals surface area contributed by atoms with Gasteiger partial charge in [0.05, 0.1) is 29.7 Å². The van der Waals surface area contributed by atoms with Crippen LogP contribution in [0.2, 0.25) is 0 Å². The van der Waals surface area contributed by atoms with E-state index in [0.29, 0.717) is 36.3 Å². The van der Waals surface area contributed by atoms with Gasteiger partial charge in [0.15, 0.2) is 5.82 Å². The minimum absolute atomic E-state index is 0.0928. The van der Waals surface area contributed by atoms with Crippen LogP contribution in [0.4, 0.5) is 15.8 Å². The monoisotopic (exact) mass is 600 g/mol. The molecule has 1 aromatic heterocycles. The summed E-state index contributed by atoms with van der Waals surface area (Å²) in [5, 5.41) is 3.15. The molecule has 210 valence electrons. The second-order valence-electron chi connectivity index (χ2n) is 11.1. The number of anilines is 2. The van der Waals surface area contributed by atoms with Crippen molar-refractivity contribution in [1.29, 1.82) is 0 Å². The normalized spacial score (nSPS) is 17.8. The van der Waals surface area contributed by atoms with E-state index in [4.69, 9.17) is 4.84 Å². The zero-order chi connectivity index (χ0) is 27.5. The molecular weight excluding hydrogens is 563 g/mol. The Morgan fingerprint density at radius 3 is 2.72 bits per heavy atom. The third-order valence-corrected chi connectivity index (χ3v) is 8.32. The number of nitrogens with one attached hydrogen (secondary N) is 2. The molecule has 1 unspecified atom stereocenters. The van der Waals surface area contributed by atoms with Gasteiger partial charge in [0.2, 0.25) is 0 Å². The first-order valence-electron chi connectivity index (χ1n) is 13.8. The van der Waals surface area contributed by atoms with Gasteiger partial charge < -0.3 is 19.7 Å². The molecule has 1 aliphatic carbocycles. The van der Waals surface area contributed by atoms with E-state index in [9.17, 15) is 4.79 Å². The van der Waals surface area contributed by atoms with Crippen LogP contribution in [0.1, 0.15) is 48.0 Å². The SMILES string of the molecule is Cc1cc(Br)ccc1Nc1c(C(=O)NOCC2CC2)cc2c(ncn2CCCCN2CCC(N(C)C)C2)c1F. The first kappa shape index (κ1) is 28.0. The Hall–Kier alpha value is -2.53. The maximum absolute atomic E-state index is 16.0. The second kappa shape index (κ2) is 12.3. The highest BCUT2D eigenvalue weighted by atomic mass is 79.9. The van der Waals surface area contributed by atoms with E-state index in [1.807, 2.05) is 29.7 Å². The van der Waals surface area contributed by atoms with Gasteiger partial charge in [0, 0.05) is 29.3 Å². The number of nitrogens with zero attached hydrogens (tertiary/aromatic N) is 4. The number of carbonyl (C=O) groups is 1. The molecule has 10 heteroatoms. The first-order valence-corrected chi connectivity index (χ1v) is 14.6. The number of hydrogen-bond donors (Lipinski definition) is 2. The van der Waals surface area contributed by atoms with Crippen LogP contribution in [0.3, 0.4) is 0 Å². The standard InChI is InChI=1S/C29H38BrFN6O2/c1-19-14-21(30)8-9-24(19)33-27-23(29(38)34-39-17-20-6-7-20)15-25-28(26(27)31)32-18-37(25)12-5-4-11-36-13-10-22(16-36)35(2)3/h8-9,14-15,18,20,22,33H,4-7,10-13,16-17H2,1-3H3,(H,34,38). The number of fused-ring (bicyclic) bond motifs is 1. The van der Waals surface area contributed by atoms with Crippen molar-refractivity contribution >= 4 is 44.2 Å². The number of benzene rings is 2. The highest BCUT2D eigenvalue weighted by molar-refractivity contribution is 9.10. The van der Waals surface area contributed by atoms with Crippen LogP contribution in [0, 0.1) is 18.7 Å². The molecule has 3 aromatic rings. The fraction of sp³-hybridized carbons (Fsp3) is 0.517. The van der Waals surface area contributed by atoms with Crippen molar-refractivity contribution in [3.05, 3.63) is 52.0 Å². The van der Waals surface area contributed by atoms with Crippen LogP contribution in [0.25, 0.3) is 11.0 Å². The number of aryl methyl sites for hydroxylation is 2. The number of rotatable bonds is 12. The molecule has 2 aromatic carbocycles. The average Bonchev–Trinajstić information content (AvgIpc) is 3.43. The van der Waals surface area contributed by atoms with E-state index in [1.54, 1.807) is 12.4 Å². The number of halogens is 2. The summed E-state index contributed by atoms with van der Waals surface area (Å²) in [6.45, 7) is 6.41. The van der Waals surface area contributed by atoms with Crippen molar-refractivity contribution in [2.24, 2.45) is 5.92 Å². The number of hydroxylamine groups is 1. The predicted octanol–water partition coefficient (Wildman–Crippen LogP) is 5.48. The highest BCUT2D eigenvalue weighted by Gasteiger charge is 2.25. The Labute approximate surface area is 238 Å². The molecule has 2 fully saturated rings. The van der Waals surface area contributed by atoms with Crippen molar-refractivity contribution in [3.8, 4) is 0 Å². The largest absolute Gasteiger partial charge is 0.352 e. The topological polar surface area (TPSA) is 74.7 Å². The van der Waals surface area contributed by atoms with Gasteiger partial charge in [-0.1, -0.05) is 15.9 Å². The first-order chi connectivity index (χ1) is 18.8. The number of likely N-dealkylation sites (N-methyl/N-ethyl adjacent to an activating group) is 1. The van der Waals surface area contributed by atoms with Crippen LogP contribution in [-0.2, 0) is 11.4 Å². The minimum Gasteiger partial charge on any atom is -0.352 e. The number of imidazole rings is 1. The molecule has 1 atom stereocenters. The fourth-order valence-electron chi connectivity index (χ4n) is 5.16. The summed E-state index contributed by atoms with van der Waals surface area (Å²) >= 11 is 3.47. The number of unbranched alkanes of at least 4 members (excludes halogenated alkanes) is 1. The van der Waals surface area contributed by atoms with E-state index >= 15 is 4.39 Å². The van der Waals surface area contributed by atoms with E-state index < -0.39 is 11.7 Å². The number of likely N-dealkylation sites (tertiary alicyclic amines) is 1.